The molecule has 0 saturated carbocycles. The summed E-state index contributed by atoms with van der Waals surface area (Å²) in [6.07, 6.45) is 0.366. The first kappa shape index (κ1) is 15.3. The summed E-state index contributed by atoms with van der Waals surface area (Å²) >= 11 is 5.89. The number of hydrogen-bond donors (Lipinski definition) is 3. The van der Waals surface area contributed by atoms with E-state index in [1.165, 1.54) is 0 Å². The Morgan fingerprint density at radius 3 is 2.47 bits per heavy atom. The topological polar surface area (TPSA) is 78.4 Å². The zero-order valence-electron chi connectivity index (χ0n) is 10.8. The van der Waals surface area contributed by atoms with Crippen molar-refractivity contribution in [2.24, 2.45) is 5.92 Å². The first-order valence-corrected chi connectivity index (χ1v) is 6.32. The predicted octanol–water partition coefficient (Wildman–Crippen LogP) is 2.96. The molecule has 5 nitrogen and oxygen atoms in total. The highest BCUT2D eigenvalue weighted by Gasteiger charge is 2.21. The van der Waals surface area contributed by atoms with Crippen LogP contribution in [-0.4, -0.2) is 23.1 Å². The van der Waals surface area contributed by atoms with Gasteiger partial charge in [0, 0.05) is 0 Å². The second-order valence-corrected chi connectivity index (χ2v) is 5.01. The Bertz CT molecular complexity index is 463. The average molecular weight is 285 g/mol. The summed E-state index contributed by atoms with van der Waals surface area (Å²) in [7, 11) is 0. The van der Waals surface area contributed by atoms with Crippen LogP contribution in [0.5, 0.6) is 0 Å². The van der Waals surface area contributed by atoms with Crippen molar-refractivity contribution in [2.75, 3.05) is 5.32 Å². The van der Waals surface area contributed by atoms with Crippen molar-refractivity contribution in [1.82, 2.24) is 5.32 Å². The van der Waals surface area contributed by atoms with Crippen molar-refractivity contribution in [3.05, 3.63) is 29.3 Å². The largest absolute Gasteiger partial charge is 0.480 e. The molecule has 1 aromatic rings. The Hall–Kier alpha value is -1.75. The van der Waals surface area contributed by atoms with Gasteiger partial charge in [-0.2, -0.15) is 0 Å². The Morgan fingerprint density at radius 1 is 1.32 bits per heavy atom. The van der Waals surface area contributed by atoms with Crippen molar-refractivity contribution >= 4 is 29.3 Å². The Balaban J connectivity index is 2.63. The lowest BCUT2D eigenvalue weighted by Gasteiger charge is -2.17. The molecule has 0 bridgehead atoms. The number of rotatable bonds is 5. The number of nitrogens with one attached hydrogen (secondary N) is 2. The normalized spacial score (nSPS) is 12.0. The summed E-state index contributed by atoms with van der Waals surface area (Å²) < 4.78 is 0. The molecule has 1 unspecified atom stereocenters. The summed E-state index contributed by atoms with van der Waals surface area (Å²) in [5.41, 5.74) is 0.440. The van der Waals surface area contributed by atoms with Crippen LogP contribution in [0.2, 0.25) is 5.02 Å². The van der Waals surface area contributed by atoms with Gasteiger partial charge in [-0.15, -0.1) is 0 Å². The van der Waals surface area contributed by atoms with E-state index in [1.807, 2.05) is 13.8 Å². The third-order valence-electron chi connectivity index (χ3n) is 2.43. The van der Waals surface area contributed by atoms with Crippen LogP contribution in [0.3, 0.4) is 0 Å². The standard InChI is InChI=1S/C13H17ClN2O3/c1-8(2)7-11(12(17)18)16-13(19)15-10-6-4-3-5-9(10)14/h3-6,8,11H,7H2,1-2H3,(H,17,18)(H2,15,16,19). The molecule has 0 aliphatic heterocycles. The first-order valence-electron chi connectivity index (χ1n) is 5.95. The minimum absolute atomic E-state index is 0.168. The monoisotopic (exact) mass is 284 g/mol. The summed E-state index contributed by atoms with van der Waals surface area (Å²) in [4.78, 5) is 22.7. The van der Waals surface area contributed by atoms with Crippen LogP contribution in [0.25, 0.3) is 0 Å². The first-order chi connectivity index (χ1) is 8.90. The van der Waals surface area contributed by atoms with Gasteiger partial charge in [0.2, 0.25) is 0 Å². The fourth-order valence-electron chi connectivity index (χ4n) is 1.57. The number of urea groups is 1. The maximum Gasteiger partial charge on any atom is 0.326 e. The van der Waals surface area contributed by atoms with Crippen LogP contribution in [0.15, 0.2) is 24.3 Å². The van der Waals surface area contributed by atoms with E-state index < -0.39 is 18.0 Å². The number of benzene rings is 1. The second kappa shape index (κ2) is 6.99. The van der Waals surface area contributed by atoms with Gasteiger partial charge in [0.1, 0.15) is 6.04 Å². The van der Waals surface area contributed by atoms with Crippen molar-refractivity contribution < 1.29 is 14.7 Å². The lowest BCUT2D eigenvalue weighted by molar-refractivity contribution is -0.139. The van der Waals surface area contributed by atoms with Crippen molar-refractivity contribution in [3.63, 3.8) is 0 Å². The van der Waals surface area contributed by atoms with Gasteiger partial charge in [0.05, 0.1) is 10.7 Å². The molecular weight excluding hydrogens is 268 g/mol. The Labute approximate surface area is 117 Å². The lowest BCUT2D eigenvalue weighted by atomic mass is 10.0. The molecule has 0 aliphatic carbocycles. The molecule has 6 heteroatoms. The number of para-hydroxylation sites is 1. The highest BCUT2D eigenvalue weighted by molar-refractivity contribution is 6.33. The lowest BCUT2D eigenvalue weighted by Crippen LogP contribution is -2.43. The van der Waals surface area contributed by atoms with Gasteiger partial charge < -0.3 is 15.7 Å². The Morgan fingerprint density at radius 2 is 1.95 bits per heavy atom. The fraction of sp³-hybridized carbons (Fsp3) is 0.385. The maximum absolute atomic E-state index is 11.7. The van der Waals surface area contributed by atoms with E-state index >= 15 is 0 Å². The van der Waals surface area contributed by atoms with E-state index in [9.17, 15) is 9.59 Å². The summed E-state index contributed by atoms with van der Waals surface area (Å²) in [6.45, 7) is 3.78. The molecule has 0 saturated heterocycles. The van der Waals surface area contributed by atoms with E-state index in [4.69, 9.17) is 16.7 Å². The van der Waals surface area contributed by atoms with Gasteiger partial charge in [-0.1, -0.05) is 37.6 Å². The molecule has 19 heavy (non-hydrogen) atoms. The second-order valence-electron chi connectivity index (χ2n) is 4.60. The zero-order valence-corrected chi connectivity index (χ0v) is 11.6. The molecule has 3 N–H and O–H groups in total. The van der Waals surface area contributed by atoms with E-state index in [1.54, 1.807) is 24.3 Å². The van der Waals surface area contributed by atoms with Gasteiger partial charge in [0.15, 0.2) is 0 Å². The average Bonchev–Trinajstić information content (AvgIpc) is 2.30. The summed E-state index contributed by atoms with van der Waals surface area (Å²) in [5, 5.41) is 14.4. The molecule has 1 atom stereocenters. The number of carbonyl (C=O) groups excluding carboxylic acids is 1. The van der Waals surface area contributed by atoms with Crippen LogP contribution in [0.4, 0.5) is 10.5 Å². The molecule has 1 aromatic carbocycles. The molecule has 0 radical (unpaired) electrons. The van der Waals surface area contributed by atoms with E-state index in [0.717, 1.165) is 0 Å². The van der Waals surface area contributed by atoms with Gasteiger partial charge in [0.25, 0.3) is 0 Å². The third kappa shape index (κ3) is 5.18. The summed E-state index contributed by atoms with van der Waals surface area (Å²) in [5.74, 6) is -0.885. The third-order valence-corrected chi connectivity index (χ3v) is 2.76. The minimum Gasteiger partial charge on any atom is -0.480 e. The Kier molecular flexibility index (Phi) is 5.63. The zero-order chi connectivity index (χ0) is 14.4. The molecule has 0 heterocycles. The van der Waals surface area contributed by atoms with Crippen LogP contribution in [-0.2, 0) is 4.79 Å². The number of aliphatic carboxylic acids is 1. The van der Waals surface area contributed by atoms with E-state index in [2.05, 4.69) is 10.6 Å². The van der Waals surface area contributed by atoms with Gasteiger partial charge >= 0.3 is 12.0 Å². The fourth-order valence-corrected chi connectivity index (χ4v) is 1.76. The number of carboxylic acids is 1. The molecule has 0 aliphatic rings. The van der Waals surface area contributed by atoms with E-state index in [-0.39, 0.29) is 5.92 Å². The number of carboxylic acid groups (broad SMARTS) is 1. The highest BCUT2D eigenvalue weighted by Crippen LogP contribution is 2.20. The number of carbonyl (C=O) groups is 2. The van der Waals surface area contributed by atoms with Crippen LogP contribution >= 0.6 is 11.6 Å². The number of amides is 2. The smallest absolute Gasteiger partial charge is 0.326 e. The van der Waals surface area contributed by atoms with Gasteiger partial charge in [-0.3, -0.25) is 0 Å². The number of anilines is 1. The molecular formula is C13H17ClN2O3. The SMILES string of the molecule is CC(C)CC(NC(=O)Nc1ccccc1Cl)C(=O)O. The van der Waals surface area contributed by atoms with Crippen LogP contribution < -0.4 is 10.6 Å². The predicted molar refractivity (Wildman–Crippen MR) is 74.5 cm³/mol. The van der Waals surface area contributed by atoms with Crippen LogP contribution in [0, 0.1) is 5.92 Å². The molecule has 104 valence electrons. The van der Waals surface area contributed by atoms with Crippen molar-refractivity contribution in [3.8, 4) is 0 Å². The number of hydrogen-bond acceptors (Lipinski definition) is 2. The van der Waals surface area contributed by atoms with E-state index in [0.29, 0.717) is 17.1 Å². The quantitative estimate of drug-likeness (QED) is 0.778. The summed E-state index contributed by atoms with van der Waals surface area (Å²) in [6, 6.07) is 5.25. The van der Waals surface area contributed by atoms with Gasteiger partial charge in [-0.05, 0) is 24.5 Å². The van der Waals surface area contributed by atoms with Crippen molar-refractivity contribution in [2.45, 2.75) is 26.3 Å². The van der Waals surface area contributed by atoms with Gasteiger partial charge in [-0.25, -0.2) is 9.59 Å². The number of halogens is 1. The molecule has 2 amide bonds. The molecule has 1 rings (SSSR count). The minimum atomic E-state index is -1.05. The molecule has 0 fully saturated rings. The highest BCUT2D eigenvalue weighted by atomic mass is 35.5. The van der Waals surface area contributed by atoms with Crippen molar-refractivity contribution in [1.29, 1.82) is 0 Å². The van der Waals surface area contributed by atoms with Crippen LogP contribution in [0.1, 0.15) is 20.3 Å². The molecule has 0 spiro atoms. The maximum atomic E-state index is 11.7. The molecule has 0 aromatic heterocycles.